The average Bonchev–Trinajstić information content (AvgIpc) is 2.69. The van der Waals surface area contributed by atoms with Crippen LogP contribution in [-0.2, 0) is 0 Å². The van der Waals surface area contributed by atoms with Gasteiger partial charge in [0.1, 0.15) is 5.82 Å². The summed E-state index contributed by atoms with van der Waals surface area (Å²) >= 11 is 0. The molecule has 0 spiro atoms. The second-order valence-electron chi connectivity index (χ2n) is 7.59. The molecule has 2 N–H and O–H groups in total. The summed E-state index contributed by atoms with van der Waals surface area (Å²) in [6.07, 6.45) is 4.48. The molecule has 2 bridgehead atoms. The first-order valence-electron chi connectivity index (χ1n) is 9.81. The number of nitrogens with one attached hydrogen (secondary N) is 2. The van der Waals surface area contributed by atoms with Gasteiger partial charge in [-0.2, -0.15) is 0 Å². The van der Waals surface area contributed by atoms with E-state index in [1.54, 1.807) is 24.3 Å². The number of anilines is 1. The summed E-state index contributed by atoms with van der Waals surface area (Å²) in [5, 5.41) is 6.02. The Labute approximate surface area is 163 Å². The number of hydrogen-bond acceptors (Lipinski definition) is 2. The number of carbonyl (C=O) groups excluding carboxylic acids is 2. The number of fused-ring (bicyclic) bond motifs is 2. The van der Waals surface area contributed by atoms with E-state index in [4.69, 9.17) is 0 Å². The topological polar surface area (TPSA) is 61.4 Å². The van der Waals surface area contributed by atoms with E-state index in [1.807, 2.05) is 23.1 Å². The lowest BCUT2D eigenvalue weighted by atomic mass is 9.82. The van der Waals surface area contributed by atoms with Crippen molar-refractivity contribution in [2.75, 3.05) is 5.32 Å². The number of amides is 3. The molecule has 6 heteroatoms. The van der Waals surface area contributed by atoms with Crippen LogP contribution in [0.3, 0.4) is 0 Å². The molecule has 2 fully saturated rings. The van der Waals surface area contributed by atoms with Crippen LogP contribution >= 0.6 is 0 Å². The lowest BCUT2D eigenvalue weighted by molar-refractivity contribution is 0.0577. The third kappa shape index (κ3) is 4.01. The summed E-state index contributed by atoms with van der Waals surface area (Å²) in [5.74, 6) is -0.391. The number of urea groups is 1. The molecule has 0 aromatic heterocycles. The highest BCUT2D eigenvalue weighted by atomic mass is 19.1. The van der Waals surface area contributed by atoms with E-state index in [0.717, 1.165) is 32.1 Å². The van der Waals surface area contributed by atoms with Crippen molar-refractivity contribution >= 4 is 17.6 Å². The standard InChI is InChI=1S/C22H24FN3O2/c23-16-9-11-17(12-10-16)25-22(28)26-19-7-4-8-20(26)14-18(13-19)24-21(27)15-5-2-1-3-6-15/h1-3,5-6,9-12,18-20H,4,7-8,13-14H2,(H,24,27)(H,25,28)/t18?,19-,20+. The van der Waals surface area contributed by atoms with E-state index >= 15 is 0 Å². The normalized spacial score (nSPS) is 23.8. The first-order valence-corrected chi connectivity index (χ1v) is 9.81. The zero-order chi connectivity index (χ0) is 19.5. The Hall–Kier alpha value is -2.89. The fourth-order valence-electron chi connectivity index (χ4n) is 4.41. The molecule has 28 heavy (non-hydrogen) atoms. The third-order valence-corrected chi connectivity index (χ3v) is 5.68. The molecule has 1 unspecified atom stereocenters. The Morgan fingerprint density at radius 3 is 2.21 bits per heavy atom. The van der Waals surface area contributed by atoms with Gasteiger partial charge < -0.3 is 15.5 Å². The lowest BCUT2D eigenvalue weighted by Crippen LogP contribution is -2.59. The van der Waals surface area contributed by atoms with Gasteiger partial charge in [-0.05, 0) is 68.5 Å². The minimum Gasteiger partial charge on any atom is -0.349 e. The van der Waals surface area contributed by atoms with Gasteiger partial charge in [0.05, 0.1) is 0 Å². The van der Waals surface area contributed by atoms with Crippen LogP contribution in [0.15, 0.2) is 54.6 Å². The van der Waals surface area contributed by atoms with E-state index in [0.29, 0.717) is 11.3 Å². The summed E-state index contributed by atoms with van der Waals surface area (Å²) in [5.41, 5.74) is 1.24. The summed E-state index contributed by atoms with van der Waals surface area (Å²) in [7, 11) is 0. The van der Waals surface area contributed by atoms with Crippen LogP contribution in [-0.4, -0.2) is 35.0 Å². The van der Waals surface area contributed by atoms with E-state index in [9.17, 15) is 14.0 Å². The molecule has 2 aromatic carbocycles. The van der Waals surface area contributed by atoms with Gasteiger partial charge in [0.15, 0.2) is 0 Å². The predicted octanol–water partition coefficient (Wildman–Crippen LogP) is 4.17. The summed E-state index contributed by atoms with van der Waals surface area (Å²) in [6.45, 7) is 0. The van der Waals surface area contributed by atoms with Crippen molar-refractivity contribution in [3.05, 3.63) is 66.0 Å². The van der Waals surface area contributed by atoms with Gasteiger partial charge in [-0.25, -0.2) is 9.18 Å². The van der Waals surface area contributed by atoms with Crippen molar-refractivity contribution in [2.24, 2.45) is 0 Å². The van der Waals surface area contributed by atoms with E-state index < -0.39 is 0 Å². The zero-order valence-electron chi connectivity index (χ0n) is 15.6. The zero-order valence-corrected chi connectivity index (χ0v) is 15.6. The van der Waals surface area contributed by atoms with Gasteiger partial charge in [0.25, 0.3) is 5.91 Å². The third-order valence-electron chi connectivity index (χ3n) is 5.68. The maximum absolute atomic E-state index is 13.1. The predicted molar refractivity (Wildman–Crippen MR) is 106 cm³/mol. The Morgan fingerprint density at radius 1 is 0.929 bits per heavy atom. The Bertz CT molecular complexity index is 827. The smallest absolute Gasteiger partial charge is 0.322 e. The number of benzene rings is 2. The number of rotatable bonds is 3. The number of carbonyl (C=O) groups is 2. The van der Waals surface area contributed by atoms with Crippen molar-refractivity contribution in [3.63, 3.8) is 0 Å². The first-order chi connectivity index (χ1) is 13.6. The molecular weight excluding hydrogens is 357 g/mol. The maximum Gasteiger partial charge on any atom is 0.322 e. The fraction of sp³-hybridized carbons (Fsp3) is 0.364. The second kappa shape index (κ2) is 8.00. The monoisotopic (exact) mass is 381 g/mol. The van der Waals surface area contributed by atoms with Crippen molar-refractivity contribution in [2.45, 2.75) is 50.2 Å². The molecule has 5 nitrogen and oxygen atoms in total. The van der Waals surface area contributed by atoms with Gasteiger partial charge in [-0.1, -0.05) is 18.2 Å². The molecule has 3 atom stereocenters. The molecule has 2 aliphatic rings. The number of nitrogens with zero attached hydrogens (tertiary/aromatic N) is 1. The highest BCUT2D eigenvalue weighted by Gasteiger charge is 2.41. The minimum atomic E-state index is -0.329. The number of halogens is 1. The number of hydrogen-bond donors (Lipinski definition) is 2. The van der Waals surface area contributed by atoms with Gasteiger partial charge in [0, 0.05) is 29.4 Å². The summed E-state index contributed by atoms with van der Waals surface area (Å²) in [4.78, 5) is 27.3. The highest BCUT2D eigenvalue weighted by Crippen LogP contribution is 2.34. The van der Waals surface area contributed by atoms with Crippen LogP contribution < -0.4 is 10.6 Å². The average molecular weight is 381 g/mol. The van der Waals surface area contributed by atoms with Crippen molar-refractivity contribution in [3.8, 4) is 0 Å². The lowest BCUT2D eigenvalue weighted by Gasteiger charge is -2.48. The van der Waals surface area contributed by atoms with Crippen molar-refractivity contribution < 1.29 is 14.0 Å². The SMILES string of the molecule is O=C(NC1C[C@H]2CCC[C@@H](C1)N2C(=O)Nc1ccc(F)cc1)c1ccccc1. The number of piperidine rings is 2. The molecule has 2 aromatic rings. The van der Waals surface area contributed by atoms with Crippen molar-refractivity contribution in [1.29, 1.82) is 0 Å². The maximum atomic E-state index is 13.1. The quantitative estimate of drug-likeness (QED) is 0.838. The molecule has 2 aliphatic heterocycles. The van der Waals surface area contributed by atoms with Crippen molar-refractivity contribution in [1.82, 2.24) is 10.2 Å². The van der Waals surface area contributed by atoms with Crippen LogP contribution in [0.5, 0.6) is 0 Å². The molecule has 2 saturated heterocycles. The van der Waals surface area contributed by atoms with Gasteiger partial charge in [-0.3, -0.25) is 4.79 Å². The van der Waals surface area contributed by atoms with Crippen LogP contribution in [0.1, 0.15) is 42.5 Å². The molecular formula is C22H24FN3O2. The molecule has 146 valence electrons. The van der Waals surface area contributed by atoms with Crippen LogP contribution in [0.4, 0.5) is 14.9 Å². The van der Waals surface area contributed by atoms with Gasteiger partial charge in [0.2, 0.25) is 0 Å². The fourth-order valence-corrected chi connectivity index (χ4v) is 4.41. The van der Waals surface area contributed by atoms with Gasteiger partial charge in [-0.15, -0.1) is 0 Å². The van der Waals surface area contributed by atoms with E-state index in [2.05, 4.69) is 10.6 Å². The molecule has 0 aliphatic carbocycles. The molecule has 4 rings (SSSR count). The largest absolute Gasteiger partial charge is 0.349 e. The summed E-state index contributed by atoms with van der Waals surface area (Å²) in [6, 6.07) is 15.1. The molecule has 3 amide bonds. The van der Waals surface area contributed by atoms with E-state index in [1.165, 1.54) is 12.1 Å². The minimum absolute atomic E-state index is 0.0621. The molecule has 2 heterocycles. The van der Waals surface area contributed by atoms with E-state index in [-0.39, 0.29) is 35.9 Å². The van der Waals surface area contributed by atoms with Crippen LogP contribution in [0.25, 0.3) is 0 Å². The molecule has 0 radical (unpaired) electrons. The van der Waals surface area contributed by atoms with Crippen LogP contribution in [0, 0.1) is 5.82 Å². The summed E-state index contributed by atoms with van der Waals surface area (Å²) < 4.78 is 13.1. The molecule has 0 saturated carbocycles. The first kappa shape index (κ1) is 18.5. The Kier molecular flexibility index (Phi) is 5.28. The Morgan fingerprint density at radius 2 is 1.57 bits per heavy atom. The highest BCUT2D eigenvalue weighted by molar-refractivity contribution is 5.94. The van der Waals surface area contributed by atoms with Gasteiger partial charge >= 0.3 is 6.03 Å². The Balaban J connectivity index is 1.41. The van der Waals surface area contributed by atoms with Crippen LogP contribution in [0.2, 0.25) is 0 Å². The second-order valence-corrected chi connectivity index (χ2v) is 7.59.